The Morgan fingerprint density at radius 2 is 2.47 bits per heavy atom. The number of anilines is 1. The number of hydrogen-bond donors (Lipinski definition) is 1. The summed E-state index contributed by atoms with van der Waals surface area (Å²) < 4.78 is 1.78. The largest absolute Gasteiger partial charge is 0.312 e. The van der Waals surface area contributed by atoms with Crippen molar-refractivity contribution in [2.24, 2.45) is 7.05 Å². The fourth-order valence-electron chi connectivity index (χ4n) is 1.08. The van der Waals surface area contributed by atoms with Crippen LogP contribution >= 0.6 is 23.1 Å². The van der Waals surface area contributed by atoms with Crippen LogP contribution in [0.1, 0.15) is 6.92 Å². The molecule has 1 atom stereocenters. The topological polar surface area (TPSA) is 72.7 Å². The van der Waals surface area contributed by atoms with E-state index in [1.165, 1.54) is 23.1 Å². The van der Waals surface area contributed by atoms with E-state index < -0.39 is 0 Å². The average Bonchev–Trinajstić information content (AvgIpc) is 2.91. The minimum atomic E-state index is -0.248. The molecule has 0 spiro atoms. The van der Waals surface area contributed by atoms with Crippen LogP contribution in [0, 0.1) is 0 Å². The molecule has 0 bridgehead atoms. The number of nitrogens with zero attached hydrogens (tertiary/aromatic N) is 4. The second-order valence-corrected chi connectivity index (χ2v) is 5.51. The summed E-state index contributed by atoms with van der Waals surface area (Å²) in [6, 6.07) is 0. The predicted molar refractivity (Wildman–Crippen MR) is 67.1 cm³/mol. The number of rotatable bonds is 4. The zero-order valence-corrected chi connectivity index (χ0v) is 11.0. The Morgan fingerprint density at radius 1 is 1.65 bits per heavy atom. The molecule has 6 nitrogen and oxygen atoms in total. The summed E-state index contributed by atoms with van der Waals surface area (Å²) in [6.07, 6.45) is 3.26. The van der Waals surface area contributed by atoms with E-state index in [2.05, 4.69) is 20.5 Å². The van der Waals surface area contributed by atoms with Crippen molar-refractivity contribution in [3.8, 4) is 0 Å². The van der Waals surface area contributed by atoms with Gasteiger partial charge >= 0.3 is 0 Å². The lowest BCUT2D eigenvalue weighted by atomic mass is 10.4. The lowest BCUT2D eigenvalue weighted by Crippen LogP contribution is -2.22. The highest BCUT2D eigenvalue weighted by atomic mass is 32.2. The van der Waals surface area contributed by atoms with Crippen molar-refractivity contribution in [3.63, 3.8) is 0 Å². The Balaban J connectivity index is 1.94. The molecule has 0 aromatic carbocycles. The summed E-state index contributed by atoms with van der Waals surface area (Å²) >= 11 is 2.76. The van der Waals surface area contributed by atoms with Crippen molar-refractivity contribution < 1.29 is 4.79 Å². The number of aromatic nitrogens is 4. The van der Waals surface area contributed by atoms with Crippen molar-refractivity contribution >= 4 is 34.1 Å². The monoisotopic (exact) mass is 269 g/mol. The maximum Gasteiger partial charge on any atom is 0.239 e. The molecular weight excluding hydrogens is 258 g/mol. The molecule has 0 saturated heterocycles. The maximum atomic E-state index is 11.8. The van der Waals surface area contributed by atoms with Crippen LogP contribution in [0.3, 0.4) is 0 Å². The Kier molecular flexibility index (Phi) is 3.75. The lowest BCUT2D eigenvalue weighted by molar-refractivity contribution is -0.115. The van der Waals surface area contributed by atoms with Gasteiger partial charge in [-0.15, -0.1) is 21.5 Å². The fraction of sp³-hybridized carbons (Fsp3) is 0.333. The summed E-state index contributed by atoms with van der Waals surface area (Å²) in [7, 11) is 1.84. The van der Waals surface area contributed by atoms with Gasteiger partial charge in [-0.05, 0) is 6.92 Å². The molecule has 2 aromatic heterocycles. The van der Waals surface area contributed by atoms with Crippen molar-refractivity contribution in [1.82, 2.24) is 19.7 Å². The zero-order valence-electron chi connectivity index (χ0n) is 9.32. The number of nitrogens with one attached hydrogen (secondary N) is 1. The first-order valence-electron chi connectivity index (χ1n) is 4.88. The molecule has 8 heteroatoms. The highest BCUT2D eigenvalue weighted by molar-refractivity contribution is 8.00. The Bertz CT molecular complexity index is 495. The van der Waals surface area contributed by atoms with Gasteiger partial charge < -0.3 is 9.88 Å². The van der Waals surface area contributed by atoms with E-state index in [-0.39, 0.29) is 11.2 Å². The second kappa shape index (κ2) is 5.28. The number of hydrogen-bond acceptors (Lipinski definition) is 6. The van der Waals surface area contributed by atoms with Crippen LogP contribution in [0.4, 0.5) is 5.13 Å². The molecule has 0 fully saturated rings. The van der Waals surface area contributed by atoms with Crippen LogP contribution in [0.2, 0.25) is 0 Å². The molecule has 0 saturated carbocycles. The van der Waals surface area contributed by atoms with E-state index in [9.17, 15) is 4.79 Å². The van der Waals surface area contributed by atoms with Crippen LogP contribution in [0.15, 0.2) is 23.1 Å². The molecule has 0 aliphatic rings. The van der Waals surface area contributed by atoms with Crippen molar-refractivity contribution in [1.29, 1.82) is 0 Å². The van der Waals surface area contributed by atoms with E-state index >= 15 is 0 Å². The van der Waals surface area contributed by atoms with E-state index in [1.54, 1.807) is 17.1 Å². The molecule has 1 N–H and O–H groups in total. The minimum Gasteiger partial charge on any atom is -0.312 e. The first-order valence-corrected chi connectivity index (χ1v) is 6.64. The van der Waals surface area contributed by atoms with Gasteiger partial charge in [-0.2, -0.15) is 0 Å². The first kappa shape index (κ1) is 12.1. The summed E-state index contributed by atoms with van der Waals surface area (Å²) in [5.74, 6) is -0.0899. The van der Waals surface area contributed by atoms with Gasteiger partial charge in [-0.1, -0.05) is 11.8 Å². The zero-order chi connectivity index (χ0) is 12.3. The van der Waals surface area contributed by atoms with E-state index in [0.29, 0.717) is 10.3 Å². The highest BCUT2D eigenvalue weighted by Crippen LogP contribution is 2.21. The molecule has 2 aromatic rings. The van der Waals surface area contributed by atoms with Gasteiger partial charge in [0.05, 0.1) is 5.25 Å². The van der Waals surface area contributed by atoms with Crippen LogP contribution in [-0.4, -0.2) is 30.9 Å². The average molecular weight is 269 g/mol. The lowest BCUT2D eigenvalue weighted by Gasteiger charge is -2.09. The number of carbonyl (C=O) groups is 1. The third-order valence-electron chi connectivity index (χ3n) is 1.98. The Hall–Kier alpha value is -1.41. The Labute approximate surface area is 106 Å². The number of amides is 1. The maximum absolute atomic E-state index is 11.8. The van der Waals surface area contributed by atoms with Gasteiger partial charge in [-0.3, -0.25) is 4.79 Å². The molecule has 1 unspecified atom stereocenters. The molecule has 0 aliphatic carbocycles. The molecular formula is C9H11N5OS2. The van der Waals surface area contributed by atoms with Gasteiger partial charge in [0.2, 0.25) is 5.91 Å². The summed E-state index contributed by atoms with van der Waals surface area (Å²) in [6.45, 7) is 1.82. The van der Waals surface area contributed by atoms with Crippen LogP contribution in [-0.2, 0) is 11.8 Å². The van der Waals surface area contributed by atoms with E-state index in [4.69, 9.17) is 0 Å². The summed E-state index contributed by atoms with van der Waals surface area (Å²) in [5.41, 5.74) is 0. The molecule has 17 heavy (non-hydrogen) atoms. The number of thioether (sulfide) groups is 1. The number of thiazole rings is 1. The third-order valence-corrected chi connectivity index (χ3v) is 3.82. The first-order chi connectivity index (χ1) is 8.16. The van der Waals surface area contributed by atoms with E-state index in [1.807, 2.05) is 19.4 Å². The highest BCUT2D eigenvalue weighted by Gasteiger charge is 2.17. The normalized spacial score (nSPS) is 12.4. The van der Waals surface area contributed by atoms with Gasteiger partial charge in [0.25, 0.3) is 0 Å². The summed E-state index contributed by atoms with van der Waals surface area (Å²) in [5, 5.41) is 13.3. The van der Waals surface area contributed by atoms with Gasteiger partial charge in [0, 0.05) is 18.6 Å². The molecule has 0 aliphatic heterocycles. The van der Waals surface area contributed by atoms with Crippen molar-refractivity contribution in [2.45, 2.75) is 17.3 Å². The van der Waals surface area contributed by atoms with Gasteiger partial charge in [-0.25, -0.2) is 4.98 Å². The summed E-state index contributed by atoms with van der Waals surface area (Å²) in [4.78, 5) is 15.8. The van der Waals surface area contributed by atoms with E-state index in [0.717, 1.165) is 0 Å². The third kappa shape index (κ3) is 3.04. The smallest absolute Gasteiger partial charge is 0.239 e. The predicted octanol–water partition coefficient (Wildman–Crippen LogP) is 1.39. The quantitative estimate of drug-likeness (QED) is 0.849. The fourth-order valence-corrected chi connectivity index (χ4v) is 2.40. The SMILES string of the molecule is CC(Sc1nncn1C)C(=O)Nc1nccs1. The number of carbonyl (C=O) groups excluding carboxylic acids is 1. The molecule has 2 rings (SSSR count). The minimum absolute atomic E-state index is 0.0899. The Morgan fingerprint density at radius 3 is 3.06 bits per heavy atom. The molecule has 2 heterocycles. The second-order valence-electron chi connectivity index (χ2n) is 3.31. The van der Waals surface area contributed by atoms with Crippen molar-refractivity contribution in [2.75, 3.05) is 5.32 Å². The van der Waals surface area contributed by atoms with Crippen molar-refractivity contribution in [3.05, 3.63) is 17.9 Å². The molecule has 90 valence electrons. The molecule has 0 radical (unpaired) electrons. The van der Waals surface area contributed by atoms with Gasteiger partial charge in [0.15, 0.2) is 10.3 Å². The number of aryl methyl sites for hydroxylation is 1. The molecule has 1 amide bonds. The standard InChI is InChI=1S/C9H11N5OS2/c1-6(17-9-13-11-5-14(9)2)7(15)12-8-10-3-4-16-8/h3-6H,1-2H3,(H,10,12,15). The van der Waals surface area contributed by atoms with Gasteiger partial charge in [0.1, 0.15) is 6.33 Å². The van der Waals surface area contributed by atoms with Crippen LogP contribution in [0.25, 0.3) is 0 Å². The van der Waals surface area contributed by atoms with Crippen LogP contribution in [0.5, 0.6) is 0 Å². The van der Waals surface area contributed by atoms with Crippen LogP contribution < -0.4 is 5.32 Å².